The van der Waals surface area contributed by atoms with Gasteiger partial charge in [-0.15, -0.1) is 0 Å². The molecule has 0 unspecified atom stereocenters. The second-order valence-electron chi connectivity index (χ2n) is 4.96. The van der Waals surface area contributed by atoms with E-state index in [1.807, 2.05) is 25.1 Å². The SMILES string of the molecule is C[C@@H](N)c1ccc(C(=O)Nc2ccnc3[nH]ccc23)cc1. The molecule has 1 aromatic carbocycles. The van der Waals surface area contributed by atoms with Gasteiger partial charge in [-0.1, -0.05) is 12.1 Å². The van der Waals surface area contributed by atoms with Gasteiger partial charge in [0.1, 0.15) is 5.65 Å². The molecule has 2 aromatic heterocycles. The number of H-pyrrole nitrogens is 1. The molecule has 1 amide bonds. The number of aromatic amines is 1. The summed E-state index contributed by atoms with van der Waals surface area (Å²) in [4.78, 5) is 19.5. The molecule has 0 aliphatic carbocycles. The van der Waals surface area contributed by atoms with Gasteiger partial charge in [0.15, 0.2) is 0 Å². The number of nitrogens with one attached hydrogen (secondary N) is 2. The van der Waals surface area contributed by atoms with Crippen molar-refractivity contribution in [1.82, 2.24) is 9.97 Å². The first-order chi connectivity index (χ1) is 10.1. The molecular weight excluding hydrogens is 264 g/mol. The summed E-state index contributed by atoms with van der Waals surface area (Å²) in [6, 6.07) is 10.9. The summed E-state index contributed by atoms with van der Waals surface area (Å²) in [6.07, 6.45) is 3.46. The van der Waals surface area contributed by atoms with Crippen molar-refractivity contribution in [2.75, 3.05) is 5.32 Å². The number of fused-ring (bicyclic) bond motifs is 1. The van der Waals surface area contributed by atoms with E-state index in [2.05, 4.69) is 15.3 Å². The van der Waals surface area contributed by atoms with E-state index in [1.54, 1.807) is 30.6 Å². The molecule has 0 aliphatic heterocycles. The highest BCUT2D eigenvalue weighted by molar-refractivity contribution is 6.08. The maximum absolute atomic E-state index is 12.3. The zero-order valence-corrected chi connectivity index (χ0v) is 11.6. The Labute approximate surface area is 122 Å². The number of carbonyl (C=O) groups is 1. The maximum atomic E-state index is 12.3. The normalized spacial score (nSPS) is 12.3. The van der Waals surface area contributed by atoms with Gasteiger partial charge in [0.2, 0.25) is 0 Å². The summed E-state index contributed by atoms with van der Waals surface area (Å²) >= 11 is 0. The smallest absolute Gasteiger partial charge is 0.255 e. The first-order valence-corrected chi connectivity index (χ1v) is 6.74. The second kappa shape index (κ2) is 5.38. The fourth-order valence-corrected chi connectivity index (χ4v) is 2.20. The number of rotatable bonds is 3. The second-order valence-corrected chi connectivity index (χ2v) is 4.96. The average molecular weight is 280 g/mol. The Morgan fingerprint density at radius 3 is 2.71 bits per heavy atom. The van der Waals surface area contributed by atoms with E-state index in [4.69, 9.17) is 5.73 Å². The molecule has 3 rings (SSSR count). The van der Waals surface area contributed by atoms with Crippen LogP contribution in [-0.4, -0.2) is 15.9 Å². The Hall–Kier alpha value is -2.66. The van der Waals surface area contributed by atoms with Gasteiger partial charge in [-0.2, -0.15) is 0 Å². The largest absolute Gasteiger partial charge is 0.346 e. The summed E-state index contributed by atoms with van der Waals surface area (Å²) in [7, 11) is 0. The first kappa shape index (κ1) is 13.3. The van der Waals surface area contributed by atoms with Crippen molar-refractivity contribution in [3.63, 3.8) is 0 Å². The number of carbonyl (C=O) groups excluding carboxylic acids is 1. The molecule has 1 atom stereocenters. The molecule has 3 aromatic rings. The van der Waals surface area contributed by atoms with Crippen LogP contribution in [0, 0.1) is 0 Å². The minimum absolute atomic E-state index is 0.0400. The third-order valence-electron chi connectivity index (χ3n) is 3.41. The van der Waals surface area contributed by atoms with Gasteiger partial charge in [0.05, 0.1) is 5.69 Å². The summed E-state index contributed by atoms with van der Waals surface area (Å²) in [6.45, 7) is 1.91. The molecule has 5 heteroatoms. The molecule has 0 fully saturated rings. The molecule has 0 spiro atoms. The summed E-state index contributed by atoms with van der Waals surface area (Å²) in [5, 5.41) is 3.79. The molecule has 106 valence electrons. The Kier molecular flexibility index (Phi) is 3.41. The van der Waals surface area contributed by atoms with Gasteiger partial charge in [-0.3, -0.25) is 4.79 Å². The van der Waals surface area contributed by atoms with Crippen LogP contribution in [0.4, 0.5) is 5.69 Å². The lowest BCUT2D eigenvalue weighted by Gasteiger charge is -2.08. The maximum Gasteiger partial charge on any atom is 0.255 e. The van der Waals surface area contributed by atoms with Crippen molar-refractivity contribution in [2.24, 2.45) is 5.73 Å². The highest BCUT2D eigenvalue weighted by Gasteiger charge is 2.09. The number of benzene rings is 1. The van der Waals surface area contributed by atoms with Gasteiger partial charge >= 0.3 is 0 Å². The topological polar surface area (TPSA) is 83.8 Å². The van der Waals surface area contributed by atoms with Crippen LogP contribution in [0.3, 0.4) is 0 Å². The highest BCUT2D eigenvalue weighted by Crippen LogP contribution is 2.21. The van der Waals surface area contributed by atoms with Gasteiger partial charge in [0, 0.05) is 29.4 Å². The standard InChI is InChI=1S/C16H16N4O/c1-10(17)11-2-4-12(5-3-11)16(21)20-14-7-9-19-15-13(14)6-8-18-15/h2-10H,17H2,1H3,(H2,18,19,20,21)/t10-/m1/s1. The number of amides is 1. The third-order valence-corrected chi connectivity index (χ3v) is 3.41. The zero-order chi connectivity index (χ0) is 14.8. The Bertz CT molecular complexity index is 774. The molecule has 2 heterocycles. The molecule has 0 saturated carbocycles. The van der Waals surface area contributed by atoms with Crippen LogP contribution < -0.4 is 11.1 Å². The van der Waals surface area contributed by atoms with Crippen LogP contribution in [0.2, 0.25) is 0 Å². The van der Waals surface area contributed by atoms with Crippen LogP contribution in [0.25, 0.3) is 11.0 Å². The molecule has 0 bridgehead atoms. The van der Waals surface area contributed by atoms with Crippen molar-refractivity contribution >= 4 is 22.6 Å². The number of anilines is 1. The lowest BCUT2D eigenvalue weighted by molar-refractivity contribution is 0.102. The van der Waals surface area contributed by atoms with Crippen LogP contribution in [0.5, 0.6) is 0 Å². The Morgan fingerprint density at radius 1 is 1.24 bits per heavy atom. The van der Waals surface area contributed by atoms with E-state index in [0.717, 1.165) is 22.3 Å². The zero-order valence-electron chi connectivity index (χ0n) is 11.6. The van der Waals surface area contributed by atoms with Crippen LogP contribution in [-0.2, 0) is 0 Å². The van der Waals surface area contributed by atoms with Crippen molar-refractivity contribution in [2.45, 2.75) is 13.0 Å². The molecular formula is C16H16N4O. The van der Waals surface area contributed by atoms with E-state index >= 15 is 0 Å². The summed E-state index contributed by atoms with van der Waals surface area (Å²) < 4.78 is 0. The van der Waals surface area contributed by atoms with Crippen molar-refractivity contribution in [3.8, 4) is 0 Å². The fraction of sp³-hybridized carbons (Fsp3) is 0.125. The minimum atomic E-state index is -0.153. The van der Waals surface area contributed by atoms with E-state index in [1.165, 1.54) is 0 Å². The van der Waals surface area contributed by atoms with Gasteiger partial charge in [0.25, 0.3) is 5.91 Å². The predicted octanol–water partition coefficient (Wildman–Crippen LogP) is 2.83. The number of pyridine rings is 1. The third kappa shape index (κ3) is 2.64. The molecule has 4 N–H and O–H groups in total. The van der Waals surface area contributed by atoms with Crippen LogP contribution in [0.15, 0.2) is 48.8 Å². The summed E-state index contributed by atoms with van der Waals surface area (Å²) in [5.74, 6) is -0.153. The fourth-order valence-electron chi connectivity index (χ4n) is 2.20. The lowest BCUT2D eigenvalue weighted by atomic mass is 10.1. The Morgan fingerprint density at radius 2 is 2.00 bits per heavy atom. The number of hydrogen-bond acceptors (Lipinski definition) is 3. The number of nitrogens with zero attached hydrogens (tertiary/aromatic N) is 1. The van der Waals surface area contributed by atoms with Gasteiger partial charge in [-0.05, 0) is 36.8 Å². The van der Waals surface area contributed by atoms with Crippen LogP contribution in [0.1, 0.15) is 28.9 Å². The molecule has 0 aliphatic rings. The monoisotopic (exact) mass is 280 g/mol. The molecule has 0 saturated heterocycles. The Balaban J connectivity index is 1.84. The summed E-state index contributed by atoms with van der Waals surface area (Å²) in [5.41, 5.74) is 8.89. The number of nitrogens with two attached hydrogens (primary N) is 1. The van der Waals surface area contributed by atoms with E-state index < -0.39 is 0 Å². The van der Waals surface area contributed by atoms with E-state index in [-0.39, 0.29) is 11.9 Å². The van der Waals surface area contributed by atoms with Crippen molar-refractivity contribution in [1.29, 1.82) is 0 Å². The van der Waals surface area contributed by atoms with E-state index in [9.17, 15) is 4.79 Å². The average Bonchev–Trinajstić information content (AvgIpc) is 2.97. The van der Waals surface area contributed by atoms with Crippen molar-refractivity contribution in [3.05, 3.63) is 59.9 Å². The molecule has 0 radical (unpaired) electrons. The van der Waals surface area contributed by atoms with Gasteiger partial charge < -0.3 is 16.0 Å². The van der Waals surface area contributed by atoms with E-state index in [0.29, 0.717) is 5.56 Å². The minimum Gasteiger partial charge on any atom is -0.346 e. The predicted molar refractivity (Wildman–Crippen MR) is 83.1 cm³/mol. The molecule has 5 nitrogen and oxygen atoms in total. The van der Waals surface area contributed by atoms with Crippen molar-refractivity contribution < 1.29 is 4.79 Å². The van der Waals surface area contributed by atoms with Gasteiger partial charge in [-0.25, -0.2) is 4.98 Å². The number of hydrogen-bond donors (Lipinski definition) is 3. The van der Waals surface area contributed by atoms with Crippen LogP contribution >= 0.6 is 0 Å². The highest BCUT2D eigenvalue weighted by atomic mass is 16.1. The quantitative estimate of drug-likeness (QED) is 0.689. The molecule has 21 heavy (non-hydrogen) atoms. The lowest BCUT2D eigenvalue weighted by Crippen LogP contribution is -2.12. The number of aromatic nitrogens is 2. The first-order valence-electron chi connectivity index (χ1n) is 6.74.